The van der Waals surface area contributed by atoms with E-state index in [4.69, 9.17) is 25.2 Å². The molecule has 0 heterocycles. The van der Waals surface area contributed by atoms with Crippen molar-refractivity contribution < 1.29 is 13.6 Å². The molecule has 68 valence electrons. The Hall–Kier alpha value is 0.600. The van der Waals surface area contributed by atoms with Gasteiger partial charge in [0.2, 0.25) is 0 Å². The Balaban J connectivity index is 3.79. The number of halogens is 1. The summed E-state index contributed by atoms with van der Waals surface area (Å²) < 4.78 is 15.7. The average molecular weight is 202 g/mol. The van der Waals surface area contributed by atoms with Gasteiger partial charge in [0.1, 0.15) is 6.66 Å². The summed E-state index contributed by atoms with van der Waals surface area (Å²) in [6, 6.07) is 0.115. The lowest BCUT2D eigenvalue weighted by Crippen LogP contribution is -2.04. The van der Waals surface area contributed by atoms with Crippen molar-refractivity contribution >= 4 is 19.5 Å². The van der Waals surface area contributed by atoms with Crippen LogP contribution in [0.5, 0.6) is 0 Å². The SMILES string of the molecule is CCO[P+](C)(OCC)OCCl. The van der Waals surface area contributed by atoms with Gasteiger partial charge in [0.05, 0.1) is 13.2 Å². The van der Waals surface area contributed by atoms with Crippen molar-refractivity contribution in [2.45, 2.75) is 13.8 Å². The van der Waals surface area contributed by atoms with Gasteiger partial charge in [-0.15, -0.1) is 0 Å². The van der Waals surface area contributed by atoms with E-state index in [9.17, 15) is 0 Å². The first-order chi connectivity index (χ1) is 5.18. The van der Waals surface area contributed by atoms with Gasteiger partial charge in [0, 0.05) is 0 Å². The second-order valence-corrected chi connectivity index (χ2v) is 4.38. The standard InChI is InChI=1S/C6H15ClO3P/c1-4-8-11(3,9-5-2)10-6-7/h4-6H2,1-3H3/q+1. The summed E-state index contributed by atoms with van der Waals surface area (Å²) in [5, 5.41) is 0. The van der Waals surface area contributed by atoms with Crippen LogP contribution in [0.4, 0.5) is 0 Å². The molecule has 0 rings (SSSR count). The van der Waals surface area contributed by atoms with E-state index in [0.29, 0.717) is 13.2 Å². The summed E-state index contributed by atoms with van der Waals surface area (Å²) in [6.45, 7) is 6.77. The van der Waals surface area contributed by atoms with E-state index in [1.165, 1.54) is 0 Å². The zero-order valence-corrected chi connectivity index (χ0v) is 8.82. The first-order valence-electron chi connectivity index (χ1n) is 3.54. The molecule has 0 aliphatic heterocycles. The van der Waals surface area contributed by atoms with Crippen LogP contribution in [0.1, 0.15) is 13.8 Å². The summed E-state index contributed by atoms with van der Waals surface area (Å²) in [6.07, 6.45) is 0. The molecule has 0 saturated heterocycles. The Morgan fingerprint density at radius 3 is 1.82 bits per heavy atom. The van der Waals surface area contributed by atoms with Gasteiger partial charge in [0.25, 0.3) is 0 Å². The Morgan fingerprint density at radius 2 is 1.55 bits per heavy atom. The third kappa shape index (κ3) is 4.94. The summed E-state index contributed by atoms with van der Waals surface area (Å²) in [7, 11) is -2.10. The van der Waals surface area contributed by atoms with Crippen LogP contribution in [0, 0.1) is 0 Å². The average Bonchev–Trinajstić information content (AvgIpc) is 1.88. The van der Waals surface area contributed by atoms with E-state index in [0.717, 1.165) is 0 Å². The Bertz CT molecular complexity index is 84.8. The lowest BCUT2D eigenvalue weighted by atomic mass is 10.9. The fourth-order valence-corrected chi connectivity index (χ4v) is 2.54. The molecule has 0 bridgehead atoms. The second-order valence-electron chi connectivity index (χ2n) is 1.85. The molecule has 0 aromatic rings. The van der Waals surface area contributed by atoms with Crippen molar-refractivity contribution in [3.05, 3.63) is 0 Å². The van der Waals surface area contributed by atoms with Crippen LogP contribution in [-0.2, 0) is 13.6 Å². The van der Waals surface area contributed by atoms with Gasteiger partial charge in [-0.25, -0.2) is 0 Å². The summed E-state index contributed by atoms with van der Waals surface area (Å²) in [5.41, 5.74) is 0. The number of alkyl halides is 1. The fraction of sp³-hybridized carbons (Fsp3) is 1.00. The Kier molecular flexibility index (Phi) is 6.49. The van der Waals surface area contributed by atoms with Crippen molar-refractivity contribution in [2.75, 3.05) is 25.9 Å². The Labute approximate surface area is 73.6 Å². The van der Waals surface area contributed by atoms with E-state index < -0.39 is 7.94 Å². The number of hydrogen-bond acceptors (Lipinski definition) is 3. The molecule has 0 radical (unpaired) electrons. The predicted octanol–water partition coefficient (Wildman–Crippen LogP) is 2.66. The third-order valence-corrected chi connectivity index (χ3v) is 3.32. The molecule has 0 aliphatic carbocycles. The monoisotopic (exact) mass is 201 g/mol. The molecular weight excluding hydrogens is 186 g/mol. The van der Waals surface area contributed by atoms with E-state index in [-0.39, 0.29) is 6.07 Å². The molecule has 0 spiro atoms. The molecule has 0 aromatic carbocycles. The minimum Gasteiger partial charge on any atom is -0.178 e. The van der Waals surface area contributed by atoms with E-state index in [1.807, 2.05) is 20.5 Å². The molecule has 0 aliphatic rings. The van der Waals surface area contributed by atoms with Gasteiger partial charge >= 0.3 is 7.94 Å². The minimum atomic E-state index is -2.10. The zero-order chi connectivity index (χ0) is 8.74. The molecule has 0 aromatic heterocycles. The smallest absolute Gasteiger partial charge is 0.178 e. The second kappa shape index (κ2) is 6.15. The van der Waals surface area contributed by atoms with Crippen LogP contribution in [0.15, 0.2) is 0 Å². The quantitative estimate of drug-likeness (QED) is 0.489. The Morgan fingerprint density at radius 1 is 1.09 bits per heavy atom. The van der Waals surface area contributed by atoms with Crippen molar-refractivity contribution in [1.29, 1.82) is 0 Å². The molecule has 0 saturated carbocycles. The van der Waals surface area contributed by atoms with Crippen molar-refractivity contribution in [3.8, 4) is 0 Å². The maximum atomic E-state index is 5.40. The van der Waals surface area contributed by atoms with Crippen LogP contribution < -0.4 is 0 Å². The van der Waals surface area contributed by atoms with Gasteiger partial charge in [-0.3, -0.25) is 0 Å². The normalized spacial score (nSPS) is 12.0. The molecule has 0 unspecified atom stereocenters. The first kappa shape index (κ1) is 11.6. The first-order valence-corrected chi connectivity index (χ1v) is 6.07. The molecule has 0 N–H and O–H groups in total. The summed E-state index contributed by atoms with van der Waals surface area (Å²) in [5.74, 6) is 0. The lowest BCUT2D eigenvalue weighted by molar-refractivity contribution is 0.167. The molecule has 5 heteroatoms. The molecule has 3 nitrogen and oxygen atoms in total. The van der Waals surface area contributed by atoms with Crippen molar-refractivity contribution in [3.63, 3.8) is 0 Å². The molecule has 0 fully saturated rings. The van der Waals surface area contributed by atoms with Crippen LogP contribution in [0.3, 0.4) is 0 Å². The summed E-state index contributed by atoms with van der Waals surface area (Å²) in [4.78, 5) is 0. The predicted molar refractivity (Wildman–Crippen MR) is 47.9 cm³/mol. The van der Waals surface area contributed by atoms with E-state index in [2.05, 4.69) is 0 Å². The van der Waals surface area contributed by atoms with Crippen molar-refractivity contribution in [1.82, 2.24) is 0 Å². The highest BCUT2D eigenvalue weighted by atomic mass is 35.5. The topological polar surface area (TPSA) is 27.7 Å². The van der Waals surface area contributed by atoms with Crippen molar-refractivity contribution in [2.24, 2.45) is 0 Å². The van der Waals surface area contributed by atoms with Gasteiger partial charge in [-0.2, -0.15) is 13.6 Å². The molecule has 11 heavy (non-hydrogen) atoms. The minimum absolute atomic E-state index is 0.115. The maximum Gasteiger partial charge on any atom is 0.409 e. The third-order valence-electron chi connectivity index (χ3n) is 1.01. The highest BCUT2D eigenvalue weighted by Gasteiger charge is 2.37. The van der Waals surface area contributed by atoms with Crippen LogP contribution in [0.2, 0.25) is 0 Å². The summed E-state index contributed by atoms with van der Waals surface area (Å²) >= 11 is 5.40. The maximum absolute atomic E-state index is 5.40. The van der Waals surface area contributed by atoms with Gasteiger partial charge in [-0.1, -0.05) is 11.6 Å². The molecular formula is C6H15ClO3P+. The molecule has 0 atom stereocenters. The molecule has 0 amide bonds. The van der Waals surface area contributed by atoms with Crippen LogP contribution in [0.25, 0.3) is 0 Å². The number of rotatable bonds is 6. The van der Waals surface area contributed by atoms with Gasteiger partial charge in [-0.05, 0) is 13.8 Å². The fourth-order valence-electron chi connectivity index (χ4n) is 0.669. The van der Waals surface area contributed by atoms with Crippen LogP contribution >= 0.6 is 19.5 Å². The highest BCUT2D eigenvalue weighted by molar-refractivity contribution is 7.60. The largest absolute Gasteiger partial charge is 0.409 e. The van der Waals surface area contributed by atoms with E-state index >= 15 is 0 Å². The highest BCUT2D eigenvalue weighted by Crippen LogP contribution is 2.58. The van der Waals surface area contributed by atoms with Crippen LogP contribution in [-0.4, -0.2) is 25.9 Å². The lowest BCUT2D eigenvalue weighted by Gasteiger charge is -2.15. The number of hydrogen-bond donors (Lipinski definition) is 0. The van der Waals surface area contributed by atoms with Gasteiger partial charge in [0.15, 0.2) is 6.07 Å². The van der Waals surface area contributed by atoms with Gasteiger partial charge < -0.3 is 0 Å². The zero-order valence-electron chi connectivity index (χ0n) is 7.17. The van der Waals surface area contributed by atoms with E-state index in [1.54, 1.807) is 0 Å².